The maximum Gasteiger partial charge on any atom is 0.490 e. The Balaban J connectivity index is 0.000000405. The van der Waals surface area contributed by atoms with Gasteiger partial charge >= 0.3 is 12.1 Å². The van der Waals surface area contributed by atoms with Crippen molar-refractivity contribution in [2.45, 2.75) is 18.6 Å². The third-order valence-corrected chi connectivity index (χ3v) is 5.33. The van der Waals surface area contributed by atoms with Gasteiger partial charge in [0.25, 0.3) is 11.5 Å². The van der Waals surface area contributed by atoms with E-state index in [2.05, 4.69) is 15.3 Å². The zero-order valence-electron chi connectivity index (χ0n) is 18.5. The van der Waals surface area contributed by atoms with Crippen molar-refractivity contribution in [3.63, 3.8) is 0 Å². The number of aromatic hydroxyl groups is 1. The molecule has 4 aromatic rings. The first-order valence-corrected chi connectivity index (χ1v) is 10.5. The monoisotopic (exact) mass is 516 g/mol. The number of amides is 1. The van der Waals surface area contributed by atoms with E-state index < -0.39 is 29.6 Å². The highest BCUT2D eigenvalue weighted by Gasteiger charge is 2.38. The van der Waals surface area contributed by atoms with Gasteiger partial charge in [0, 0.05) is 6.20 Å². The van der Waals surface area contributed by atoms with Gasteiger partial charge in [0.05, 0.1) is 22.5 Å². The lowest BCUT2D eigenvalue weighted by Crippen LogP contribution is -2.32. The summed E-state index contributed by atoms with van der Waals surface area (Å²) in [6.45, 7) is 0. The summed E-state index contributed by atoms with van der Waals surface area (Å²) < 4.78 is 46.8. The van der Waals surface area contributed by atoms with E-state index in [0.29, 0.717) is 17.8 Å². The lowest BCUT2D eigenvalue weighted by Gasteiger charge is -2.19. The molecule has 0 radical (unpaired) electrons. The van der Waals surface area contributed by atoms with Gasteiger partial charge in [-0.3, -0.25) is 9.59 Å². The van der Waals surface area contributed by atoms with E-state index in [1.165, 1.54) is 22.9 Å². The van der Waals surface area contributed by atoms with Gasteiger partial charge in [0.1, 0.15) is 17.4 Å². The minimum atomic E-state index is -5.08. The third-order valence-electron chi connectivity index (χ3n) is 5.33. The van der Waals surface area contributed by atoms with Crippen LogP contribution in [0, 0.1) is 5.82 Å². The van der Waals surface area contributed by atoms with Crippen molar-refractivity contribution >= 4 is 22.8 Å². The summed E-state index contributed by atoms with van der Waals surface area (Å²) in [6, 6.07) is 12.9. The number of phenolic OH excluding ortho intramolecular Hbond substituents is 1. The molecular weight excluding hydrogens is 500 g/mol. The number of hydrogen-bond acceptors (Lipinski definition) is 6. The summed E-state index contributed by atoms with van der Waals surface area (Å²) in [5.74, 6) is -3.11. The minimum absolute atomic E-state index is 0.105. The van der Waals surface area contributed by atoms with E-state index in [1.807, 2.05) is 0 Å². The average Bonchev–Trinajstić information content (AvgIpc) is 2.96. The molecule has 0 saturated carbocycles. The minimum Gasteiger partial charge on any atom is -0.508 e. The summed E-state index contributed by atoms with van der Waals surface area (Å²) in [5, 5.41) is 19.7. The smallest absolute Gasteiger partial charge is 0.490 e. The number of aliphatic carboxylic acids is 1. The van der Waals surface area contributed by atoms with Crippen molar-refractivity contribution in [1.29, 1.82) is 0 Å². The number of aromatic nitrogens is 3. The van der Waals surface area contributed by atoms with E-state index in [9.17, 15) is 32.3 Å². The molecular formula is C24H16F4N4O5. The third kappa shape index (κ3) is 5.24. The van der Waals surface area contributed by atoms with E-state index in [4.69, 9.17) is 9.90 Å². The van der Waals surface area contributed by atoms with Crippen molar-refractivity contribution in [2.75, 3.05) is 0 Å². The highest BCUT2D eigenvalue weighted by atomic mass is 19.4. The number of nitrogens with zero attached hydrogens (tertiary/aromatic N) is 3. The van der Waals surface area contributed by atoms with Crippen molar-refractivity contribution < 1.29 is 37.4 Å². The first-order valence-electron chi connectivity index (χ1n) is 10.5. The Labute approximate surface area is 204 Å². The Kier molecular flexibility index (Phi) is 6.62. The summed E-state index contributed by atoms with van der Waals surface area (Å²) >= 11 is 0. The van der Waals surface area contributed by atoms with Gasteiger partial charge in [-0.1, -0.05) is 12.1 Å². The van der Waals surface area contributed by atoms with Crippen molar-refractivity contribution in [1.82, 2.24) is 19.9 Å². The standard InChI is InChI=1S/C22H15FN4O3.C2HF3O2/c23-13-5-8-17-16(11-13)22(30)27-19-15(2-1-9-24-19)21(29)26-18(20(27)25-17)10-12-3-6-14(28)7-4-12;3-2(4,5)1(6)7/h1-9,11,18,28H,10H2,(H,26,29);(H,6,7). The van der Waals surface area contributed by atoms with Crippen molar-refractivity contribution in [2.24, 2.45) is 0 Å². The van der Waals surface area contributed by atoms with Gasteiger partial charge in [-0.15, -0.1) is 0 Å². The number of hydrogen-bond donors (Lipinski definition) is 3. The summed E-state index contributed by atoms with van der Waals surface area (Å²) in [4.78, 5) is 44.0. The molecule has 0 fully saturated rings. The highest BCUT2D eigenvalue weighted by Crippen LogP contribution is 2.26. The second-order valence-corrected chi connectivity index (χ2v) is 7.85. The highest BCUT2D eigenvalue weighted by molar-refractivity contribution is 5.98. The first-order chi connectivity index (χ1) is 17.5. The van der Waals surface area contributed by atoms with Crippen LogP contribution in [0.5, 0.6) is 5.75 Å². The molecule has 5 rings (SSSR count). The maximum absolute atomic E-state index is 13.8. The number of phenols is 1. The largest absolute Gasteiger partial charge is 0.508 e. The molecule has 1 aliphatic heterocycles. The van der Waals surface area contributed by atoms with Gasteiger partial charge in [-0.05, 0) is 54.4 Å². The van der Waals surface area contributed by atoms with Crippen LogP contribution in [0.1, 0.15) is 27.8 Å². The fraction of sp³-hybridized carbons (Fsp3) is 0.125. The van der Waals surface area contributed by atoms with Crippen LogP contribution in [0.2, 0.25) is 0 Å². The summed E-state index contributed by atoms with van der Waals surface area (Å²) in [6.07, 6.45) is -3.27. The van der Waals surface area contributed by atoms with E-state index >= 15 is 0 Å². The van der Waals surface area contributed by atoms with Gasteiger partial charge < -0.3 is 15.5 Å². The lowest BCUT2D eigenvalue weighted by molar-refractivity contribution is -0.192. The number of alkyl halides is 3. The molecule has 0 aliphatic carbocycles. The number of fused-ring (bicyclic) bond motifs is 4. The van der Waals surface area contributed by atoms with E-state index in [1.54, 1.807) is 36.4 Å². The van der Waals surface area contributed by atoms with Gasteiger partial charge in [-0.2, -0.15) is 13.2 Å². The van der Waals surface area contributed by atoms with Crippen molar-refractivity contribution in [3.8, 4) is 11.6 Å². The van der Waals surface area contributed by atoms with Gasteiger partial charge in [0.2, 0.25) is 0 Å². The number of carboxylic acids is 1. The molecule has 1 aliphatic rings. The molecule has 190 valence electrons. The number of rotatable bonds is 2. The van der Waals surface area contributed by atoms with Crippen LogP contribution in [0.4, 0.5) is 17.6 Å². The molecule has 1 unspecified atom stereocenters. The van der Waals surface area contributed by atoms with Crippen molar-refractivity contribution in [3.05, 3.63) is 93.9 Å². The zero-order valence-corrected chi connectivity index (χ0v) is 18.5. The Morgan fingerprint density at radius 2 is 1.76 bits per heavy atom. The Morgan fingerprint density at radius 1 is 1.08 bits per heavy atom. The molecule has 2 aromatic heterocycles. The normalized spacial score (nSPS) is 14.5. The molecule has 0 bridgehead atoms. The molecule has 3 N–H and O–H groups in total. The van der Waals surface area contributed by atoms with Gasteiger partial charge in [0.15, 0.2) is 5.82 Å². The Hall–Kier alpha value is -4.81. The SMILES string of the molecule is O=C(O)C(F)(F)F.O=C1NC(Cc2ccc(O)cc2)c2nc3ccc(F)cc3c(=O)n2-c2ncccc21. The number of nitrogens with one attached hydrogen (secondary N) is 1. The molecule has 37 heavy (non-hydrogen) atoms. The Bertz CT molecular complexity index is 1570. The van der Waals surface area contributed by atoms with E-state index in [0.717, 1.165) is 11.6 Å². The van der Waals surface area contributed by atoms with Crippen LogP contribution < -0.4 is 10.9 Å². The second-order valence-electron chi connectivity index (χ2n) is 7.85. The summed E-state index contributed by atoms with van der Waals surface area (Å²) in [7, 11) is 0. The predicted molar refractivity (Wildman–Crippen MR) is 121 cm³/mol. The summed E-state index contributed by atoms with van der Waals surface area (Å²) in [5.41, 5.74) is 0.891. The van der Waals surface area contributed by atoms with E-state index in [-0.39, 0.29) is 28.4 Å². The van der Waals surface area contributed by atoms with Crippen LogP contribution >= 0.6 is 0 Å². The number of carbonyl (C=O) groups excluding carboxylic acids is 1. The maximum atomic E-state index is 13.8. The number of carbonyl (C=O) groups is 2. The van der Waals surface area contributed by atoms with Crippen LogP contribution in [0.3, 0.4) is 0 Å². The second kappa shape index (κ2) is 9.68. The molecule has 1 atom stereocenters. The zero-order chi connectivity index (χ0) is 26.9. The molecule has 0 saturated heterocycles. The fourth-order valence-electron chi connectivity index (χ4n) is 3.68. The Morgan fingerprint density at radius 3 is 2.41 bits per heavy atom. The van der Waals surface area contributed by atoms with Crippen LogP contribution in [0.25, 0.3) is 16.7 Å². The first kappa shape index (κ1) is 25.3. The van der Waals surface area contributed by atoms with Crippen LogP contribution in [0.15, 0.2) is 65.6 Å². The average molecular weight is 516 g/mol. The van der Waals surface area contributed by atoms with Gasteiger partial charge in [-0.25, -0.2) is 23.7 Å². The number of benzene rings is 2. The molecule has 13 heteroatoms. The lowest BCUT2D eigenvalue weighted by atomic mass is 10.0. The number of carboxylic acid groups (broad SMARTS) is 1. The number of halogens is 4. The quantitative estimate of drug-likeness (QED) is 0.348. The fourth-order valence-corrected chi connectivity index (χ4v) is 3.68. The molecule has 3 heterocycles. The molecule has 0 spiro atoms. The van der Waals surface area contributed by atoms with Crippen LogP contribution in [-0.2, 0) is 11.2 Å². The van der Waals surface area contributed by atoms with Crippen LogP contribution in [-0.4, -0.2) is 42.8 Å². The molecule has 1 amide bonds. The molecule has 9 nitrogen and oxygen atoms in total. The topological polar surface area (TPSA) is 134 Å². The predicted octanol–water partition coefficient (Wildman–Crippen LogP) is 3.29. The number of pyridine rings is 1. The molecule has 2 aromatic carbocycles.